The number of aromatic hydroxyl groups is 1. The Labute approximate surface area is 178 Å². The quantitative estimate of drug-likeness (QED) is 0.257. The van der Waals surface area contributed by atoms with Gasteiger partial charge in [-0.25, -0.2) is 0 Å². The van der Waals surface area contributed by atoms with Crippen molar-refractivity contribution in [1.29, 1.82) is 5.41 Å². The van der Waals surface area contributed by atoms with Crippen molar-refractivity contribution in [3.8, 4) is 11.5 Å². The van der Waals surface area contributed by atoms with E-state index in [0.717, 1.165) is 22.3 Å². The Balaban J connectivity index is 0.00000420. The number of carbonyl (C=O) groups is 1. The van der Waals surface area contributed by atoms with E-state index in [4.69, 9.17) is 15.9 Å². The molecule has 0 amide bonds. The van der Waals surface area contributed by atoms with Gasteiger partial charge in [0.1, 0.15) is 22.5 Å². The highest BCUT2D eigenvalue weighted by Crippen LogP contribution is 2.51. The summed E-state index contributed by atoms with van der Waals surface area (Å²) < 4.78 is 6.48. The number of carboxylic acids is 1. The van der Waals surface area contributed by atoms with Crippen LogP contribution in [0.3, 0.4) is 0 Å². The van der Waals surface area contributed by atoms with E-state index in [0.29, 0.717) is 50.1 Å². The number of rotatable bonds is 7. The molecule has 29 heavy (non-hydrogen) atoms. The second kappa shape index (κ2) is 9.11. The maximum Gasteiger partial charge on any atom is 0.313 e. The number of nitrogens with one attached hydrogen (secondary N) is 2. The molecular weight excluding hydrogens is 394 g/mol. The minimum Gasteiger partial charge on any atom is -0.507 e. The number of carboxylic acid groups (broad SMARTS) is 1. The van der Waals surface area contributed by atoms with Crippen LogP contribution in [-0.4, -0.2) is 34.3 Å². The molecular formula is C21H34ClN3O4. The van der Waals surface area contributed by atoms with E-state index < -0.39 is 17.0 Å². The maximum atomic E-state index is 12.5. The normalized spacial score (nSPS) is 19.9. The molecule has 0 saturated carbocycles. The van der Waals surface area contributed by atoms with Gasteiger partial charge in [0.2, 0.25) is 0 Å². The van der Waals surface area contributed by atoms with Gasteiger partial charge in [0.05, 0.1) is 0 Å². The molecule has 2 atom stereocenters. The lowest BCUT2D eigenvalue weighted by Crippen LogP contribution is -2.56. The van der Waals surface area contributed by atoms with Crippen molar-refractivity contribution in [2.75, 3.05) is 6.54 Å². The third kappa shape index (κ3) is 4.25. The van der Waals surface area contributed by atoms with Crippen LogP contribution < -0.4 is 15.8 Å². The van der Waals surface area contributed by atoms with E-state index in [9.17, 15) is 15.0 Å². The molecule has 1 aromatic rings. The molecule has 0 aromatic heterocycles. The summed E-state index contributed by atoms with van der Waals surface area (Å²) in [5, 5.41) is 30.6. The number of nitrogens with two attached hydrogens (primary N) is 1. The van der Waals surface area contributed by atoms with Gasteiger partial charge in [0, 0.05) is 12.1 Å². The molecule has 0 aliphatic carbocycles. The van der Waals surface area contributed by atoms with E-state index in [1.807, 2.05) is 34.6 Å². The molecule has 1 aliphatic heterocycles. The van der Waals surface area contributed by atoms with Crippen molar-refractivity contribution in [2.45, 2.75) is 72.3 Å². The van der Waals surface area contributed by atoms with E-state index in [1.54, 1.807) is 0 Å². The fraction of sp³-hybridized carbons (Fsp3) is 0.619. The van der Waals surface area contributed by atoms with Crippen LogP contribution >= 0.6 is 12.4 Å². The van der Waals surface area contributed by atoms with Crippen molar-refractivity contribution < 1.29 is 19.7 Å². The van der Waals surface area contributed by atoms with Crippen LogP contribution in [0.4, 0.5) is 0 Å². The second-order valence-electron chi connectivity index (χ2n) is 8.05. The highest BCUT2D eigenvalue weighted by atomic mass is 35.5. The molecule has 1 aromatic carbocycles. The van der Waals surface area contributed by atoms with Gasteiger partial charge in [-0.15, -0.1) is 12.4 Å². The zero-order valence-electron chi connectivity index (χ0n) is 17.9. The molecule has 0 bridgehead atoms. The number of halogens is 1. The Morgan fingerprint density at radius 2 is 1.93 bits per heavy atom. The van der Waals surface area contributed by atoms with Gasteiger partial charge < -0.3 is 26.0 Å². The van der Waals surface area contributed by atoms with Gasteiger partial charge in [0.15, 0.2) is 5.96 Å². The third-order valence-electron chi connectivity index (χ3n) is 6.64. The summed E-state index contributed by atoms with van der Waals surface area (Å²) in [5.41, 5.74) is 6.79. The first-order valence-electron chi connectivity index (χ1n) is 9.82. The number of phenols is 1. The first-order valence-corrected chi connectivity index (χ1v) is 9.82. The molecule has 0 fully saturated rings. The number of hydrogen-bond acceptors (Lipinski definition) is 4. The first kappa shape index (κ1) is 24.9. The van der Waals surface area contributed by atoms with E-state index in [-0.39, 0.29) is 18.4 Å². The molecule has 0 radical (unpaired) electrons. The summed E-state index contributed by atoms with van der Waals surface area (Å²) in [6.45, 7) is 9.86. The maximum absolute atomic E-state index is 12.5. The Bertz CT molecular complexity index is 799. The molecule has 2 unspecified atom stereocenters. The van der Waals surface area contributed by atoms with Crippen molar-refractivity contribution in [3.05, 3.63) is 22.3 Å². The number of ether oxygens (including phenoxy) is 1. The Hall–Kier alpha value is -2.15. The Morgan fingerprint density at radius 3 is 2.45 bits per heavy atom. The second-order valence-corrected chi connectivity index (χ2v) is 8.05. The lowest BCUT2D eigenvalue weighted by Gasteiger charge is -2.48. The van der Waals surface area contributed by atoms with Gasteiger partial charge in [-0.3, -0.25) is 10.2 Å². The molecule has 1 aliphatic rings. The fourth-order valence-electron chi connectivity index (χ4n) is 4.50. The number of benzene rings is 1. The monoisotopic (exact) mass is 427 g/mol. The van der Waals surface area contributed by atoms with Crippen LogP contribution in [0.15, 0.2) is 0 Å². The molecule has 6 N–H and O–H groups in total. The topological polar surface area (TPSA) is 129 Å². The first-order chi connectivity index (χ1) is 13.0. The van der Waals surface area contributed by atoms with Crippen LogP contribution in [0.1, 0.15) is 61.8 Å². The predicted molar refractivity (Wildman–Crippen MR) is 116 cm³/mol. The summed E-state index contributed by atoms with van der Waals surface area (Å²) in [4.78, 5) is 12.5. The fourth-order valence-corrected chi connectivity index (χ4v) is 4.50. The number of phenolic OH excluding ortho intramolecular Hbond substituents is 1. The predicted octanol–water partition coefficient (Wildman–Crippen LogP) is 3.57. The summed E-state index contributed by atoms with van der Waals surface area (Å²) in [5.74, 6) is 0.0164. The van der Waals surface area contributed by atoms with E-state index in [1.165, 1.54) is 0 Å². The van der Waals surface area contributed by atoms with Gasteiger partial charge in [-0.05, 0) is 76.5 Å². The number of aliphatic carboxylic acids is 1. The average Bonchev–Trinajstić information content (AvgIpc) is 2.64. The average molecular weight is 428 g/mol. The Kier molecular flexibility index (Phi) is 7.82. The molecule has 7 nitrogen and oxygen atoms in total. The van der Waals surface area contributed by atoms with Crippen molar-refractivity contribution in [1.82, 2.24) is 5.32 Å². The standard InChI is InChI=1S/C21H33N3O4.ClH/c1-6-21(18(26)27,9-7-11-24-19(22)23)20(5)10-8-15-14(4)16(25)12(2)13(3)17(15)28-20;/h25H,6-11H2,1-5H3,(H,26,27)(H4,22,23,24);1H. The molecule has 0 saturated heterocycles. The van der Waals surface area contributed by atoms with E-state index in [2.05, 4.69) is 5.32 Å². The highest BCUT2D eigenvalue weighted by Gasteiger charge is 2.55. The lowest BCUT2D eigenvalue weighted by atomic mass is 9.64. The van der Waals surface area contributed by atoms with Crippen molar-refractivity contribution >= 4 is 24.3 Å². The SMILES string of the molecule is CCC(CCCNC(=N)N)(C(=O)O)C1(C)CCc2c(C)c(O)c(C)c(C)c2O1.Cl. The Morgan fingerprint density at radius 1 is 1.31 bits per heavy atom. The number of fused-ring (bicyclic) bond motifs is 1. The molecule has 8 heteroatoms. The number of guanidine groups is 1. The van der Waals surface area contributed by atoms with Crippen LogP contribution in [0.5, 0.6) is 11.5 Å². The molecule has 164 valence electrons. The van der Waals surface area contributed by atoms with Crippen LogP contribution in [-0.2, 0) is 11.2 Å². The van der Waals surface area contributed by atoms with Gasteiger partial charge in [-0.2, -0.15) is 0 Å². The molecule has 1 heterocycles. The van der Waals surface area contributed by atoms with Crippen molar-refractivity contribution in [3.63, 3.8) is 0 Å². The summed E-state index contributed by atoms with van der Waals surface area (Å²) in [6.07, 6.45) is 2.64. The summed E-state index contributed by atoms with van der Waals surface area (Å²) in [6, 6.07) is 0. The molecule has 0 spiro atoms. The lowest BCUT2D eigenvalue weighted by molar-refractivity contribution is -0.168. The van der Waals surface area contributed by atoms with Gasteiger partial charge in [-0.1, -0.05) is 6.92 Å². The molecule has 2 rings (SSSR count). The van der Waals surface area contributed by atoms with Crippen LogP contribution in [0.25, 0.3) is 0 Å². The minimum absolute atomic E-state index is 0. The third-order valence-corrected chi connectivity index (χ3v) is 6.64. The smallest absolute Gasteiger partial charge is 0.313 e. The minimum atomic E-state index is -1.06. The summed E-state index contributed by atoms with van der Waals surface area (Å²) >= 11 is 0. The van der Waals surface area contributed by atoms with Gasteiger partial charge in [0.25, 0.3) is 0 Å². The number of hydrogen-bond donors (Lipinski definition) is 5. The largest absolute Gasteiger partial charge is 0.507 e. The highest BCUT2D eigenvalue weighted by molar-refractivity contribution is 5.85. The zero-order chi connectivity index (χ0) is 21.3. The van der Waals surface area contributed by atoms with Gasteiger partial charge >= 0.3 is 5.97 Å². The zero-order valence-corrected chi connectivity index (χ0v) is 18.8. The van der Waals surface area contributed by atoms with Crippen LogP contribution in [0.2, 0.25) is 0 Å². The summed E-state index contributed by atoms with van der Waals surface area (Å²) in [7, 11) is 0. The van der Waals surface area contributed by atoms with Crippen molar-refractivity contribution in [2.24, 2.45) is 11.1 Å². The van der Waals surface area contributed by atoms with Crippen LogP contribution in [0, 0.1) is 31.6 Å². The van der Waals surface area contributed by atoms with E-state index >= 15 is 0 Å².